The number of fused-ring (bicyclic) bond motifs is 2. The number of halogens is 1. The summed E-state index contributed by atoms with van der Waals surface area (Å²) in [7, 11) is -3.46. The lowest BCUT2D eigenvalue weighted by molar-refractivity contribution is -0.120. The molecule has 1 aliphatic carbocycles. The van der Waals surface area contributed by atoms with Gasteiger partial charge in [-0.05, 0) is 54.3 Å². The number of anilines is 1. The maximum Gasteiger partial charge on any atom is 0.227 e. The van der Waals surface area contributed by atoms with Crippen LogP contribution in [0.1, 0.15) is 37.7 Å². The number of hydrogen-bond acceptors (Lipinski definition) is 8. The Bertz CT molecular complexity index is 2210. The van der Waals surface area contributed by atoms with Crippen LogP contribution in [-0.2, 0) is 21.4 Å². The molecule has 4 N–H and O–H groups in total. The monoisotopic (exact) mass is 639 g/mol. The summed E-state index contributed by atoms with van der Waals surface area (Å²) in [6.07, 6.45) is 14.4. The highest BCUT2D eigenvalue weighted by atomic mass is 32.2. The van der Waals surface area contributed by atoms with E-state index in [-0.39, 0.29) is 18.4 Å². The number of rotatable bonds is 8. The van der Waals surface area contributed by atoms with Crippen LogP contribution >= 0.6 is 0 Å². The summed E-state index contributed by atoms with van der Waals surface area (Å²) in [6, 6.07) is 8.09. The molecule has 6 aromatic rings. The lowest BCUT2D eigenvalue weighted by Crippen LogP contribution is -2.24. The number of amides is 1. The largest absolute Gasteiger partial charge is 0.335 e. The van der Waals surface area contributed by atoms with Crippen LogP contribution < -0.4 is 10.0 Å². The van der Waals surface area contributed by atoms with Crippen molar-refractivity contribution in [2.45, 2.75) is 38.6 Å². The second-order valence-electron chi connectivity index (χ2n) is 11.6. The highest BCUT2D eigenvalue weighted by Gasteiger charge is 2.22. The molecule has 1 amide bonds. The highest BCUT2D eigenvalue weighted by molar-refractivity contribution is 7.88. The third kappa shape index (κ3) is 6.21. The van der Waals surface area contributed by atoms with Gasteiger partial charge < -0.3 is 10.3 Å². The van der Waals surface area contributed by atoms with E-state index in [0.717, 1.165) is 42.9 Å². The molecule has 12 nitrogen and oxygen atoms in total. The van der Waals surface area contributed by atoms with Crippen molar-refractivity contribution in [2.24, 2.45) is 5.92 Å². The van der Waals surface area contributed by atoms with Crippen LogP contribution in [0.4, 0.5) is 10.1 Å². The molecule has 234 valence electrons. The zero-order valence-corrected chi connectivity index (χ0v) is 25.7. The van der Waals surface area contributed by atoms with Gasteiger partial charge in [0.05, 0.1) is 52.8 Å². The van der Waals surface area contributed by atoms with E-state index < -0.39 is 15.8 Å². The molecule has 5 aromatic heterocycles. The first-order chi connectivity index (χ1) is 22.2. The number of benzene rings is 1. The van der Waals surface area contributed by atoms with Gasteiger partial charge in [-0.25, -0.2) is 22.5 Å². The number of H-pyrrole nitrogens is 2. The number of sulfonamides is 1. The third-order valence-corrected chi connectivity index (χ3v) is 8.82. The molecule has 0 atom stereocenters. The second kappa shape index (κ2) is 12.0. The van der Waals surface area contributed by atoms with Gasteiger partial charge in [-0.2, -0.15) is 5.10 Å². The van der Waals surface area contributed by atoms with Crippen LogP contribution in [0.15, 0.2) is 61.3 Å². The van der Waals surface area contributed by atoms with Crippen molar-refractivity contribution >= 4 is 43.6 Å². The predicted octanol–water partition coefficient (Wildman–Crippen LogP) is 5.33. The number of aromatic amines is 2. The molecule has 1 aromatic carbocycles. The van der Waals surface area contributed by atoms with Gasteiger partial charge in [0.25, 0.3) is 0 Å². The summed E-state index contributed by atoms with van der Waals surface area (Å²) in [4.78, 5) is 34.2. The average molecular weight is 640 g/mol. The summed E-state index contributed by atoms with van der Waals surface area (Å²) in [5.74, 6) is 0.00773. The normalized spacial score (nSPS) is 14.2. The van der Waals surface area contributed by atoms with Gasteiger partial charge in [0.15, 0.2) is 5.82 Å². The SMILES string of the molecule is CS(=O)(=O)NCc1cc(F)cc(-c2cncc3[nH]c(-c4n[nH]c5cnc(-c6cncc(NC(=O)C7CCCCC7)c6)cc45)nc23)c1. The number of hydrogen-bond donors (Lipinski definition) is 4. The van der Waals surface area contributed by atoms with E-state index in [9.17, 15) is 17.6 Å². The van der Waals surface area contributed by atoms with Crippen molar-refractivity contribution in [3.63, 3.8) is 0 Å². The average Bonchev–Trinajstić information content (AvgIpc) is 3.68. The Labute approximate surface area is 263 Å². The molecule has 7 rings (SSSR count). The van der Waals surface area contributed by atoms with Crippen molar-refractivity contribution in [1.82, 2.24) is 39.8 Å². The Morgan fingerprint density at radius 1 is 0.957 bits per heavy atom. The first-order valence-corrected chi connectivity index (χ1v) is 16.8. The summed E-state index contributed by atoms with van der Waals surface area (Å²) in [5, 5.41) is 11.3. The molecule has 1 fully saturated rings. The second-order valence-corrected chi connectivity index (χ2v) is 13.4. The van der Waals surface area contributed by atoms with Crippen LogP contribution in [0.2, 0.25) is 0 Å². The smallest absolute Gasteiger partial charge is 0.227 e. The topological polar surface area (TPSA) is 171 Å². The fraction of sp³-hybridized carbons (Fsp3) is 0.250. The minimum Gasteiger partial charge on any atom is -0.335 e. The predicted molar refractivity (Wildman–Crippen MR) is 172 cm³/mol. The number of carbonyl (C=O) groups excluding carboxylic acids is 1. The Balaban J connectivity index is 1.21. The van der Waals surface area contributed by atoms with Gasteiger partial charge >= 0.3 is 0 Å². The van der Waals surface area contributed by atoms with E-state index in [1.165, 1.54) is 18.6 Å². The Morgan fingerprint density at radius 3 is 2.61 bits per heavy atom. The number of nitrogens with one attached hydrogen (secondary N) is 4. The van der Waals surface area contributed by atoms with Crippen LogP contribution in [0.3, 0.4) is 0 Å². The number of carbonyl (C=O) groups is 1. The lowest BCUT2D eigenvalue weighted by atomic mass is 9.88. The number of aromatic nitrogens is 7. The van der Waals surface area contributed by atoms with Crippen molar-refractivity contribution in [2.75, 3.05) is 11.6 Å². The van der Waals surface area contributed by atoms with E-state index >= 15 is 0 Å². The van der Waals surface area contributed by atoms with Crippen molar-refractivity contribution < 1.29 is 17.6 Å². The number of imidazole rings is 1. The summed E-state index contributed by atoms with van der Waals surface area (Å²) >= 11 is 0. The van der Waals surface area contributed by atoms with Gasteiger partial charge in [-0.3, -0.25) is 24.8 Å². The molecule has 5 heterocycles. The highest BCUT2D eigenvalue weighted by Crippen LogP contribution is 2.33. The van der Waals surface area contributed by atoms with Crippen LogP contribution in [0, 0.1) is 11.7 Å². The lowest BCUT2D eigenvalue weighted by Gasteiger charge is -2.20. The van der Waals surface area contributed by atoms with E-state index in [2.05, 4.69) is 40.2 Å². The molecule has 0 unspecified atom stereocenters. The molecular weight excluding hydrogens is 609 g/mol. The first kappa shape index (κ1) is 29.6. The van der Waals surface area contributed by atoms with Gasteiger partial charge in [-0.15, -0.1) is 0 Å². The number of pyridine rings is 3. The molecule has 1 saturated carbocycles. The molecule has 0 bridgehead atoms. The van der Waals surface area contributed by atoms with Crippen LogP contribution in [-0.4, -0.2) is 55.7 Å². The first-order valence-electron chi connectivity index (χ1n) is 14.9. The summed E-state index contributed by atoms with van der Waals surface area (Å²) < 4.78 is 40.2. The standard InChI is InChI=1S/C32H30FN9O3S/c1-46(44,45)37-12-18-7-20(9-22(33)8-18)25-15-35-16-28-29(25)40-31(39-28)30-24-11-26(36-17-27(24)41-42-30)21-10-23(14-34-13-21)38-32(43)19-5-3-2-4-6-19/h7-11,13-17,19,37H,2-6,12H2,1H3,(H,38,43)(H,39,40)(H,41,42). The fourth-order valence-electron chi connectivity index (χ4n) is 5.89. The molecule has 1 aliphatic rings. The molecule has 0 saturated heterocycles. The van der Waals surface area contributed by atoms with Crippen LogP contribution in [0.25, 0.3) is 55.8 Å². The molecular formula is C32H30FN9O3S. The Morgan fingerprint density at radius 2 is 1.78 bits per heavy atom. The van der Waals surface area contributed by atoms with Gasteiger partial charge in [-0.1, -0.05) is 19.3 Å². The van der Waals surface area contributed by atoms with E-state index in [0.29, 0.717) is 56.1 Å². The molecule has 0 aliphatic heterocycles. The molecule has 14 heteroatoms. The maximum absolute atomic E-state index is 14.6. The zero-order chi connectivity index (χ0) is 31.8. The van der Waals surface area contributed by atoms with Crippen molar-refractivity contribution in [1.29, 1.82) is 0 Å². The van der Waals surface area contributed by atoms with Gasteiger partial charge in [0.2, 0.25) is 15.9 Å². The summed E-state index contributed by atoms with van der Waals surface area (Å²) in [5.41, 5.74) is 5.93. The van der Waals surface area contributed by atoms with Crippen LogP contribution in [0.5, 0.6) is 0 Å². The zero-order valence-electron chi connectivity index (χ0n) is 24.8. The molecule has 0 spiro atoms. The van der Waals surface area contributed by atoms with Gasteiger partial charge in [0, 0.05) is 41.4 Å². The quantitative estimate of drug-likeness (QED) is 0.173. The number of nitrogens with zero attached hydrogens (tertiary/aromatic N) is 5. The van der Waals surface area contributed by atoms with E-state index in [1.54, 1.807) is 37.1 Å². The van der Waals surface area contributed by atoms with Gasteiger partial charge in [0.1, 0.15) is 11.5 Å². The Hall–Kier alpha value is -5.08. The third-order valence-electron chi connectivity index (χ3n) is 8.15. The van der Waals surface area contributed by atoms with Crippen molar-refractivity contribution in [3.8, 4) is 33.9 Å². The Kier molecular flexibility index (Phi) is 7.74. The molecule has 0 radical (unpaired) electrons. The van der Waals surface area contributed by atoms with E-state index in [4.69, 9.17) is 4.98 Å². The minimum absolute atomic E-state index is 0.0259. The molecule has 46 heavy (non-hydrogen) atoms. The minimum atomic E-state index is -3.46. The van der Waals surface area contributed by atoms with Crippen molar-refractivity contribution in [3.05, 3.63) is 72.7 Å². The maximum atomic E-state index is 14.6. The fourth-order valence-corrected chi connectivity index (χ4v) is 6.32. The van der Waals surface area contributed by atoms with E-state index in [1.807, 2.05) is 12.1 Å². The summed E-state index contributed by atoms with van der Waals surface area (Å²) in [6.45, 7) is -0.0558.